The molecule has 0 aliphatic carbocycles. The van der Waals surface area contributed by atoms with Crippen LogP contribution in [-0.2, 0) is 4.79 Å². The second kappa shape index (κ2) is 9.28. The summed E-state index contributed by atoms with van der Waals surface area (Å²) in [4.78, 5) is 12.1. The van der Waals surface area contributed by atoms with Gasteiger partial charge in [0.25, 0.3) is 0 Å². The van der Waals surface area contributed by atoms with Crippen LogP contribution in [0.4, 0.5) is 0 Å². The van der Waals surface area contributed by atoms with Gasteiger partial charge in [-0.05, 0) is 19.7 Å². The van der Waals surface area contributed by atoms with Crippen molar-refractivity contribution < 1.29 is 4.79 Å². The third-order valence-electron chi connectivity index (χ3n) is 3.24. The van der Waals surface area contributed by atoms with Gasteiger partial charge in [0.2, 0.25) is 5.91 Å². The van der Waals surface area contributed by atoms with Crippen LogP contribution >= 0.6 is 25.3 Å². The van der Waals surface area contributed by atoms with Crippen molar-refractivity contribution >= 4 is 31.2 Å². The van der Waals surface area contributed by atoms with Crippen LogP contribution < -0.4 is 16.0 Å². The number of thiol groups is 2. The number of hydrogen-bond acceptors (Lipinski definition) is 5. The van der Waals surface area contributed by atoms with Gasteiger partial charge in [0.1, 0.15) is 0 Å². The Morgan fingerprint density at radius 2 is 1.75 bits per heavy atom. The first-order chi connectivity index (χ1) is 9.67. The molecule has 0 saturated carbocycles. The molecule has 6 heteroatoms. The van der Waals surface area contributed by atoms with Gasteiger partial charge in [0.15, 0.2) is 0 Å². The molecule has 0 heterocycles. The second-order valence-electron chi connectivity index (χ2n) is 4.50. The molecule has 0 saturated heterocycles. The Kier molecular flexibility index (Phi) is 8.06. The van der Waals surface area contributed by atoms with Gasteiger partial charge in [-0.3, -0.25) is 4.79 Å². The Morgan fingerprint density at radius 3 is 2.20 bits per heavy atom. The van der Waals surface area contributed by atoms with Crippen LogP contribution in [0.2, 0.25) is 0 Å². The maximum Gasteiger partial charge on any atom is 0.238 e. The monoisotopic (exact) mass is 313 g/mol. The lowest BCUT2D eigenvalue weighted by molar-refractivity contribution is -0.123. The fourth-order valence-corrected chi connectivity index (χ4v) is 2.73. The third-order valence-corrected chi connectivity index (χ3v) is 4.00. The smallest absolute Gasteiger partial charge is 0.238 e. The van der Waals surface area contributed by atoms with Gasteiger partial charge in [-0.2, -0.15) is 25.3 Å². The minimum atomic E-state index is -0.297. The van der Waals surface area contributed by atoms with Crippen molar-refractivity contribution in [3.05, 3.63) is 35.9 Å². The molecule has 0 bridgehead atoms. The number of carbonyl (C=O) groups is 1. The van der Waals surface area contributed by atoms with E-state index in [0.717, 1.165) is 5.56 Å². The van der Waals surface area contributed by atoms with Crippen molar-refractivity contribution in [3.63, 3.8) is 0 Å². The first kappa shape index (κ1) is 17.4. The minimum Gasteiger partial charge on any atom is -0.349 e. The first-order valence-electron chi connectivity index (χ1n) is 6.59. The molecule has 0 radical (unpaired) electrons. The van der Waals surface area contributed by atoms with E-state index in [4.69, 9.17) is 0 Å². The van der Waals surface area contributed by atoms with Crippen LogP contribution in [0, 0.1) is 0 Å². The van der Waals surface area contributed by atoms with Crippen molar-refractivity contribution in [1.29, 1.82) is 0 Å². The first-order valence-corrected chi connectivity index (χ1v) is 7.86. The van der Waals surface area contributed by atoms with Gasteiger partial charge >= 0.3 is 0 Å². The molecule has 0 aromatic heterocycles. The molecule has 1 amide bonds. The van der Waals surface area contributed by atoms with Crippen molar-refractivity contribution in [2.75, 3.05) is 25.6 Å². The lowest BCUT2D eigenvalue weighted by atomic mass is 10.00. The Labute approximate surface area is 131 Å². The van der Waals surface area contributed by atoms with Gasteiger partial charge in [-0.1, -0.05) is 30.3 Å². The van der Waals surface area contributed by atoms with Crippen LogP contribution in [0.1, 0.15) is 11.6 Å². The normalized spacial score (nSPS) is 15.4. The molecule has 0 aliphatic rings. The minimum absolute atomic E-state index is 0.0232. The van der Waals surface area contributed by atoms with E-state index in [9.17, 15) is 4.79 Å². The van der Waals surface area contributed by atoms with E-state index in [-0.39, 0.29) is 24.0 Å². The average molecular weight is 313 g/mol. The molecular weight excluding hydrogens is 290 g/mol. The summed E-state index contributed by atoms with van der Waals surface area (Å²) in [5, 5.41) is 9.22. The summed E-state index contributed by atoms with van der Waals surface area (Å²) in [6.45, 7) is 0. The molecule has 4 nitrogen and oxygen atoms in total. The fourth-order valence-electron chi connectivity index (χ4n) is 2.08. The van der Waals surface area contributed by atoms with E-state index in [2.05, 4.69) is 41.2 Å². The predicted octanol–water partition coefficient (Wildman–Crippen LogP) is 0.879. The van der Waals surface area contributed by atoms with Gasteiger partial charge < -0.3 is 16.0 Å². The molecule has 0 aliphatic heterocycles. The number of hydrogen-bond donors (Lipinski definition) is 5. The van der Waals surface area contributed by atoms with Crippen molar-refractivity contribution in [3.8, 4) is 0 Å². The summed E-state index contributed by atoms with van der Waals surface area (Å²) in [7, 11) is 3.64. The largest absolute Gasteiger partial charge is 0.349 e. The van der Waals surface area contributed by atoms with Crippen LogP contribution in [0.15, 0.2) is 30.3 Å². The highest BCUT2D eigenvalue weighted by Crippen LogP contribution is 2.17. The predicted molar refractivity (Wildman–Crippen MR) is 90.7 cm³/mol. The van der Waals surface area contributed by atoms with Crippen LogP contribution in [0.3, 0.4) is 0 Å². The highest BCUT2D eigenvalue weighted by molar-refractivity contribution is 7.80. The zero-order valence-corrected chi connectivity index (χ0v) is 13.6. The molecular formula is C14H23N3OS2. The Balaban J connectivity index is 2.80. The average Bonchev–Trinajstić information content (AvgIpc) is 2.49. The Bertz CT molecular complexity index is 399. The zero-order chi connectivity index (χ0) is 15.0. The van der Waals surface area contributed by atoms with Gasteiger partial charge in [-0.25, -0.2) is 0 Å². The summed E-state index contributed by atoms with van der Waals surface area (Å²) >= 11 is 8.54. The Morgan fingerprint density at radius 1 is 1.10 bits per heavy atom. The van der Waals surface area contributed by atoms with E-state index in [1.165, 1.54) is 0 Å². The van der Waals surface area contributed by atoms with E-state index in [0.29, 0.717) is 11.5 Å². The summed E-state index contributed by atoms with van der Waals surface area (Å²) < 4.78 is 0. The number of amides is 1. The molecule has 1 aromatic rings. The molecule has 3 unspecified atom stereocenters. The summed E-state index contributed by atoms with van der Waals surface area (Å²) in [5.74, 6) is 0.949. The standard InChI is InChI=1S/C14H23N3OS2/c1-15-12(9-20)14(18)17-11(8-19)13(16-2)10-6-4-3-5-7-10/h3-7,11-13,15-16,19-20H,8-9H2,1-2H3,(H,17,18). The number of benzene rings is 1. The van der Waals surface area contributed by atoms with Gasteiger partial charge in [0.05, 0.1) is 18.1 Å². The highest BCUT2D eigenvalue weighted by atomic mass is 32.1. The van der Waals surface area contributed by atoms with Crippen LogP contribution in [0.25, 0.3) is 0 Å². The highest BCUT2D eigenvalue weighted by Gasteiger charge is 2.24. The molecule has 3 N–H and O–H groups in total. The van der Waals surface area contributed by atoms with Gasteiger partial charge in [-0.15, -0.1) is 0 Å². The number of likely N-dealkylation sites (N-methyl/N-ethyl adjacent to an activating group) is 2. The van der Waals surface area contributed by atoms with E-state index in [1.54, 1.807) is 7.05 Å². The quantitative estimate of drug-likeness (QED) is 0.463. The third kappa shape index (κ3) is 4.70. The van der Waals surface area contributed by atoms with Crippen molar-refractivity contribution in [1.82, 2.24) is 16.0 Å². The van der Waals surface area contributed by atoms with Crippen molar-refractivity contribution in [2.45, 2.75) is 18.1 Å². The lowest BCUT2D eigenvalue weighted by Crippen LogP contribution is -2.52. The SMILES string of the molecule is CNC(CS)C(=O)NC(CS)C(NC)c1ccccc1. The maximum absolute atomic E-state index is 12.1. The summed E-state index contributed by atoms with van der Waals surface area (Å²) in [6.07, 6.45) is 0. The topological polar surface area (TPSA) is 53.2 Å². The number of nitrogens with one attached hydrogen (secondary N) is 3. The van der Waals surface area contributed by atoms with Crippen molar-refractivity contribution in [2.24, 2.45) is 0 Å². The Hall–Kier alpha value is -0.690. The summed E-state index contributed by atoms with van der Waals surface area (Å²) in [5.41, 5.74) is 1.13. The molecule has 0 spiro atoms. The summed E-state index contributed by atoms with van der Waals surface area (Å²) in [6, 6.07) is 9.67. The second-order valence-corrected chi connectivity index (χ2v) is 5.23. The molecule has 1 rings (SSSR count). The van der Waals surface area contributed by atoms with E-state index in [1.807, 2.05) is 37.4 Å². The van der Waals surface area contributed by atoms with Gasteiger partial charge in [0, 0.05) is 11.5 Å². The molecule has 3 atom stereocenters. The number of carbonyl (C=O) groups excluding carboxylic acids is 1. The molecule has 1 aromatic carbocycles. The van der Waals surface area contributed by atoms with Crippen LogP contribution in [-0.4, -0.2) is 43.6 Å². The number of rotatable bonds is 8. The zero-order valence-electron chi connectivity index (χ0n) is 11.8. The fraction of sp³-hybridized carbons (Fsp3) is 0.500. The lowest BCUT2D eigenvalue weighted by Gasteiger charge is -2.28. The van der Waals surface area contributed by atoms with E-state index >= 15 is 0 Å². The van der Waals surface area contributed by atoms with E-state index < -0.39 is 0 Å². The maximum atomic E-state index is 12.1. The molecule has 0 fully saturated rings. The molecule has 112 valence electrons. The van der Waals surface area contributed by atoms with Crippen LogP contribution in [0.5, 0.6) is 0 Å². The molecule has 20 heavy (non-hydrogen) atoms.